The molecule has 0 aliphatic heterocycles. The molecule has 0 aliphatic carbocycles. The molecule has 0 saturated heterocycles. The van der Waals surface area contributed by atoms with E-state index in [4.69, 9.17) is 28.8 Å². The summed E-state index contributed by atoms with van der Waals surface area (Å²) in [5.74, 6) is 0. The maximum Gasteiger partial charge on any atom is 0.173 e. The third-order valence-electron chi connectivity index (χ3n) is 20.4. The molecule has 0 fully saturated rings. The van der Waals surface area contributed by atoms with Gasteiger partial charge in [-0.3, -0.25) is 0 Å². The molecule has 21 heteroatoms. The van der Waals surface area contributed by atoms with E-state index >= 15 is 0 Å². The molecule has 0 saturated carbocycles. The molecule has 0 aromatic heterocycles. The van der Waals surface area contributed by atoms with Crippen LogP contribution in [0.4, 0.5) is 0 Å². The molecule has 0 spiro atoms. The van der Waals surface area contributed by atoms with Gasteiger partial charge < -0.3 is 28.8 Å². The van der Waals surface area contributed by atoms with Crippen molar-refractivity contribution in [3.8, 4) is 0 Å². The maximum atomic E-state index is 6.60. The van der Waals surface area contributed by atoms with Crippen LogP contribution in [0, 0.1) is 0 Å². The predicted octanol–water partition coefficient (Wildman–Crippen LogP) is 35.9. The van der Waals surface area contributed by atoms with Crippen molar-refractivity contribution in [2.24, 2.45) is 0 Å². The minimum Gasteiger partial charge on any atom is -0.456 e. The molecule has 0 bridgehead atoms. The molecule has 0 amide bonds. The van der Waals surface area contributed by atoms with E-state index in [1.54, 1.807) is 0 Å². The molecule has 0 atom stereocenters. The van der Waals surface area contributed by atoms with Gasteiger partial charge in [0, 0.05) is 0 Å². The van der Waals surface area contributed by atoms with Gasteiger partial charge in [-0.25, -0.2) is 0 Å². The van der Waals surface area contributed by atoms with Gasteiger partial charge in [0.15, 0.2) is 116 Å². The second-order valence-corrected chi connectivity index (χ2v) is 104. The molecule has 0 heterocycles. The van der Waals surface area contributed by atoms with Gasteiger partial charge >= 0.3 is 0 Å². The van der Waals surface area contributed by atoms with E-state index in [1.165, 1.54) is 277 Å². The molecule has 0 unspecified atom stereocenters. The van der Waals surface area contributed by atoms with Gasteiger partial charge in [-0.2, -0.15) is 0 Å². The Hall–Kier alpha value is 2.76. The zero-order chi connectivity index (χ0) is 85.1. The van der Waals surface area contributed by atoms with Crippen molar-refractivity contribution in [1.29, 1.82) is 0 Å². The van der Waals surface area contributed by atoms with E-state index in [0.29, 0.717) is 0 Å². The third kappa shape index (κ3) is 90.9. The fraction of sp³-hybridized carbons (Fsp3) is 1.00. The van der Waals surface area contributed by atoms with Gasteiger partial charge in [0.05, 0.1) is 0 Å². The van der Waals surface area contributed by atoms with Gasteiger partial charge in [0.25, 0.3) is 0 Å². The van der Waals surface area contributed by atoms with Crippen molar-refractivity contribution >= 4 is 116 Å². The van der Waals surface area contributed by atoms with Gasteiger partial charge in [0.1, 0.15) is 0 Å². The van der Waals surface area contributed by atoms with Gasteiger partial charge in [0.2, 0.25) is 0 Å². The quantitative estimate of drug-likeness (QED) is 0.0444. The van der Waals surface area contributed by atoms with Crippen LogP contribution in [0.1, 0.15) is 290 Å². The molecule has 0 aliphatic rings. The Morgan fingerprint density at radius 1 is 0.112 bits per heavy atom. The van der Waals surface area contributed by atoms with Crippen LogP contribution in [0.25, 0.3) is 0 Å². The first-order valence-corrected chi connectivity index (χ1v) is 90.3. The molecule has 0 aromatic carbocycles. The Bertz CT molecular complexity index is 1870. The standard InChI is InChI=1S/C14H34OSi2.2C13H32OSi2.2C12H30OSi2.2C11H28OSi2/c1-7-9-11-13-16(3,4)15-17(5,6)14-12-10-8-2;2*1-7-9-11-13-16(5,6)14-15(3,4)12-10-8-2;1-7-9-10-12-15(5,6)13-14(3,4)11-8-2;1-7-9-11-14(3,4)13-15(5,6)12-10-8-2;1-7-9-10-11-14(5,6)12-13(3,4)8-2;1-7-9-11-14(5,6)12-13(3,4)10-8-2/h7-14H2,1-6H3;2*7-13H2,1-6H3;2*7-12H2,1-6H3;2*7-11H2,1-6H3. The average molecular weight is 1750 g/mol. The summed E-state index contributed by atoms with van der Waals surface area (Å²) >= 11 is 0. The van der Waals surface area contributed by atoms with E-state index < -0.39 is 116 Å². The highest BCUT2D eigenvalue weighted by Gasteiger charge is 2.38. The summed E-state index contributed by atoms with van der Waals surface area (Å²) in [6.45, 7) is 98.7. The summed E-state index contributed by atoms with van der Waals surface area (Å²) in [6, 6.07) is 18.7. The van der Waals surface area contributed by atoms with Crippen LogP contribution < -0.4 is 0 Å². The molecule has 0 N–H and O–H groups in total. The maximum absolute atomic E-state index is 6.60. The number of rotatable bonds is 58. The Kier molecular flexibility index (Phi) is 76.5. The second-order valence-electron chi connectivity index (χ2n) is 41.5. The van der Waals surface area contributed by atoms with Crippen LogP contribution in [0.3, 0.4) is 0 Å². The van der Waals surface area contributed by atoms with Crippen LogP contribution >= 0.6 is 0 Å². The number of unbranched alkanes of at least 4 members (excludes halogenated alkanes) is 17. The summed E-state index contributed by atoms with van der Waals surface area (Å²) in [5, 5.41) is 0. The van der Waals surface area contributed by atoms with Crippen molar-refractivity contribution in [3.63, 3.8) is 0 Å². The van der Waals surface area contributed by atoms with Crippen LogP contribution in [0.5, 0.6) is 0 Å². The fourth-order valence-electron chi connectivity index (χ4n) is 15.0. The third-order valence-corrected chi connectivity index (χ3v) is 73.6. The lowest BCUT2D eigenvalue weighted by molar-refractivity contribution is 0.524. The smallest absolute Gasteiger partial charge is 0.173 e. The SMILES string of the molecule is CCCCC[Si](C)(C)O[Si](C)(C)CC.CCCCC[Si](C)(C)O[Si](C)(C)CCC.CCCCC[Si](C)(C)O[Si](C)(C)CCCC.CCCCC[Si](C)(C)O[Si](C)(C)CCCC.CCCCC[Si](C)(C)O[Si](C)(C)CCCCC.CCCC[Si](C)(C)O[Si](C)(C)CCC.CCCC[Si](C)(C)O[Si](C)(C)CCCC. The fourth-order valence-corrected chi connectivity index (χ4v) is 77.8. The molecule has 0 radical (unpaired) electrons. The Labute approximate surface area is 697 Å². The van der Waals surface area contributed by atoms with Gasteiger partial charge in [-0.1, -0.05) is 290 Å². The molecular weight excluding hydrogens is 1540 g/mol. The van der Waals surface area contributed by atoms with E-state index in [1.807, 2.05) is 0 Å². The summed E-state index contributed by atoms with van der Waals surface area (Å²) in [4.78, 5) is 0. The Morgan fingerprint density at radius 2 is 0.215 bits per heavy atom. The van der Waals surface area contributed by atoms with Crippen molar-refractivity contribution in [2.45, 2.75) is 557 Å². The van der Waals surface area contributed by atoms with E-state index in [0.717, 1.165) is 0 Å². The second kappa shape index (κ2) is 66.5. The predicted molar refractivity (Wildman–Crippen MR) is 538 cm³/mol. The zero-order valence-corrected chi connectivity index (χ0v) is 97.0. The lowest BCUT2D eigenvalue weighted by Gasteiger charge is -2.34. The minimum absolute atomic E-state index is 1.25. The van der Waals surface area contributed by atoms with Gasteiger partial charge in [-0.05, 0) is 268 Å². The molecule has 7 nitrogen and oxygen atoms in total. The first-order chi connectivity index (χ1) is 48.8. The summed E-state index contributed by atoms with van der Waals surface area (Å²) < 4.78 is 45.5. The Morgan fingerprint density at radius 3 is 0.318 bits per heavy atom. The van der Waals surface area contributed by atoms with Crippen LogP contribution in [-0.2, 0) is 28.8 Å². The van der Waals surface area contributed by atoms with E-state index in [-0.39, 0.29) is 0 Å². The molecule has 0 rings (SSSR count). The monoisotopic (exact) mass is 1750 g/mol. The van der Waals surface area contributed by atoms with Crippen LogP contribution in [-0.4, -0.2) is 116 Å². The minimum atomic E-state index is -1.37. The van der Waals surface area contributed by atoms with E-state index in [2.05, 4.69) is 280 Å². The zero-order valence-electron chi connectivity index (χ0n) is 83.0. The van der Waals surface area contributed by atoms with Crippen molar-refractivity contribution in [2.75, 3.05) is 0 Å². The summed E-state index contributed by atoms with van der Waals surface area (Å²) in [7, 11) is -18.9. The highest BCUT2D eigenvalue weighted by molar-refractivity contribution is 6.88. The topological polar surface area (TPSA) is 64.6 Å². The molecular formula is C86H214O7Si14. The van der Waals surface area contributed by atoms with Crippen molar-refractivity contribution in [1.82, 2.24) is 0 Å². The normalized spacial score (nSPS) is 13.2. The first-order valence-electron chi connectivity index (χ1n) is 46.7. The average Bonchev–Trinajstić information content (AvgIpc) is 0.931. The molecule has 107 heavy (non-hydrogen) atoms. The summed E-state index contributed by atoms with van der Waals surface area (Å²) in [6.07, 6.45) is 40.1. The Balaban J connectivity index is -0.000000218. The summed E-state index contributed by atoms with van der Waals surface area (Å²) in [5.41, 5.74) is 0. The van der Waals surface area contributed by atoms with E-state index in [9.17, 15) is 0 Å². The van der Waals surface area contributed by atoms with Crippen LogP contribution in [0.2, 0.25) is 268 Å². The lowest BCUT2D eigenvalue weighted by atomic mass is 10.3. The largest absolute Gasteiger partial charge is 0.456 e. The van der Waals surface area contributed by atoms with Crippen LogP contribution in [0.15, 0.2) is 0 Å². The molecule has 0 aromatic rings. The molecule has 656 valence electrons. The van der Waals surface area contributed by atoms with Gasteiger partial charge in [-0.15, -0.1) is 0 Å². The highest BCUT2D eigenvalue weighted by Crippen LogP contribution is 2.32. The first kappa shape index (κ1) is 123. The van der Waals surface area contributed by atoms with Crippen molar-refractivity contribution < 1.29 is 28.8 Å². The number of hydrogen-bond donors (Lipinski definition) is 0. The van der Waals surface area contributed by atoms with Crippen molar-refractivity contribution in [3.05, 3.63) is 0 Å². The highest BCUT2D eigenvalue weighted by atomic mass is 28.5. The lowest BCUT2D eigenvalue weighted by Crippen LogP contribution is -2.44. The number of hydrogen-bond acceptors (Lipinski definition) is 7.